The van der Waals surface area contributed by atoms with Crippen LogP contribution in [0.4, 0.5) is 0 Å². The Labute approximate surface area is 109 Å². The molecule has 2 aliphatic carbocycles. The van der Waals surface area contributed by atoms with Gasteiger partial charge in [-0.05, 0) is 53.9 Å². The van der Waals surface area contributed by atoms with Gasteiger partial charge in [-0.3, -0.25) is 0 Å². The van der Waals surface area contributed by atoms with Crippen molar-refractivity contribution in [3.63, 3.8) is 0 Å². The molecule has 0 heterocycles. The van der Waals surface area contributed by atoms with Crippen LogP contribution in [0.25, 0.3) is 0 Å². The maximum Gasteiger partial charge on any atom is 0.0130 e. The van der Waals surface area contributed by atoms with Gasteiger partial charge >= 0.3 is 0 Å². The lowest BCUT2D eigenvalue weighted by atomic mass is 9.83. The van der Waals surface area contributed by atoms with Crippen LogP contribution in [0.1, 0.15) is 41.0 Å². The monoisotopic (exact) mass is 233 g/mol. The Bertz CT molecular complexity index is 529. The summed E-state index contributed by atoms with van der Waals surface area (Å²) < 4.78 is 0. The SMILES string of the molecule is c1ccc2c(c1)CC[C]2C1CCc2ccccc21. The second kappa shape index (κ2) is 3.98. The van der Waals surface area contributed by atoms with Gasteiger partial charge in [-0.2, -0.15) is 0 Å². The molecule has 0 N–H and O–H groups in total. The number of rotatable bonds is 1. The van der Waals surface area contributed by atoms with Crippen LogP contribution < -0.4 is 0 Å². The molecule has 18 heavy (non-hydrogen) atoms. The highest BCUT2D eigenvalue weighted by Gasteiger charge is 2.34. The van der Waals surface area contributed by atoms with E-state index in [2.05, 4.69) is 48.5 Å². The van der Waals surface area contributed by atoms with Crippen molar-refractivity contribution in [1.82, 2.24) is 0 Å². The van der Waals surface area contributed by atoms with Gasteiger partial charge in [-0.15, -0.1) is 0 Å². The second-order valence-electron chi connectivity index (χ2n) is 5.47. The van der Waals surface area contributed by atoms with Crippen molar-refractivity contribution >= 4 is 0 Å². The van der Waals surface area contributed by atoms with Crippen LogP contribution >= 0.6 is 0 Å². The maximum absolute atomic E-state index is 2.33. The molecule has 4 rings (SSSR count). The number of benzene rings is 2. The van der Waals surface area contributed by atoms with Crippen molar-refractivity contribution < 1.29 is 0 Å². The van der Waals surface area contributed by atoms with E-state index in [4.69, 9.17) is 0 Å². The molecule has 1 atom stereocenters. The predicted octanol–water partition coefficient (Wildman–Crippen LogP) is 4.29. The van der Waals surface area contributed by atoms with E-state index in [9.17, 15) is 0 Å². The van der Waals surface area contributed by atoms with Gasteiger partial charge in [0.2, 0.25) is 0 Å². The average Bonchev–Trinajstić information content (AvgIpc) is 3.01. The number of aryl methyl sites for hydroxylation is 2. The van der Waals surface area contributed by atoms with Crippen molar-refractivity contribution in [2.24, 2.45) is 0 Å². The summed E-state index contributed by atoms with van der Waals surface area (Å²) in [6, 6.07) is 18.0. The van der Waals surface area contributed by atoms with Crippen molar-refractivity contribution in [3.05, 3.63) is 76.7 Å². The zero-order valence-electron chi connectivity index (χ0n) is 10.5. The molecule has 0 fully saturated rings. The Morgan fingerprint density at radius 1 is 0.722 bits per heavy atom. The quantitative estimate of drug-likeness (QED) is 0.689. The summed E-state index contributed by atoms with van der Waals surface area (Å²) >= 11 is 0. The fourth-order valence-electron chi connectivity index (χ4n) is 3.74. The minimum absolute atomic E-state index is 0.685. The molecule has 0 aliphatic heterocycles. The van der Waals surface area contributed by atoms with Gasteiger partial charge in [0.05, 0.1) is 0 Å². The largest absolute Gasteiger partial charge is 0.0620 e. The van der Waals surface area contributed by atoms with Crippen molar-refractivity contribution in [2.45, 2.75) is 31.6 Å². The van der Waals surface area contributed by atoms with Gasteiger partial charge in [-0.1, -0.05) is 48.5 Å². The van der Waals surface area contributed by atoms with Crippen LogP contribution in [-0.2, 0) is 12.8 Å². The standard InChI is InChI=1S/C18H17/c1-3-7-15-13(5-1)9-11-17(15)18-12-10-14-6-2-4-8-16(14)18/h1-8,17H,9-12H2. The molecular weight excluding hydrogens is 216 g/mol. The zero-order chi connectivity index (χ0) is 11.9. The summed E-state index contributed by atoms with van der Waals surface area (Å²) in [6.07, 6.45) is 5.07. The topological polar surface area (TPSA) is 0 Å². The Morgan fingerprint density at radius 3 is 2.44 bits per heavy atom. The molecule has 0 saturated heterocycles. The van der Waals surface area contributed by atoms with E-state index in [1.54, 1.807) is 28.2 Å². The first-order chi connectivity index (χ1) is 8.93. The summed E-state index contributed by atoms with van der Waals surface area (Å²) in [4.78, 5) is 0. The van der Waals surface area contributed by atoms with Crippen LogP contribution in [0.3, 0.4) is 0 Å². The highest BCUT2D eigenvalue weighted by molar-refractivity contribution is 5.51. The predicted molar refractivity (Wildman–Crippen MR) is 74.6 cm³/mol. The molecular formula is C18H17. The third-order valence-electron chi connectivity index (χ3n) is 4.58. The number of hydrogen-bond donors (Lipinski definition) is 0. The van der Waals surface area contributed by atoms with Gasteiger partial charge in [-0.25, -0.2) is 0 Å². The Hall–Kier alpha value is -1.56. The van der Waals surface area contributed by atoms with E-state index in [0.717, 1.165) is 0 Å². The Balaban J connectivity index is 1.75. The maximum atomic E-state index is 2.33. The summed E-state index contributed by atoms with van der Waals surface area (Å²) in [6.45, 7) is 0. The molecule has 1 radical (unpaired) electrons. The van der Waals surface area contributed by atoms with E-state index in [1.807, 2.05) is 0 Å². The first-order valence-corrected chi connectivity index (χ1v) is 6.95. The Kier molecular flexibility index (Phi) is 2.29. The molecule has 1 unspecified atom stereocenters. The summed E-state index contributed by atoms with van der Waals surface area (Å²) in [5.74, 6) is 2.38. The molecule has 0 aromatic heterocycles. The summed E-state index contributed by atoms with van der Waals surface area (Å²) in [5.41, 5.74) is 6.25. The minimum atomic E-state index is 0.685. The van der Waals surface area contributed by atoms with Crippen LogP contribution in [0.2, 0.25) is 0 Å². The molecule has 0 nitrogen and oxygen atoms in total. The van der Waals surface area contributed by atoms with Gasteiger partial charge in [0.15, 0.2) is 0 Å². The average molecular weight is 233 g/mol. The van der Waals surface area contributed by atoms with Crippen molar-refractivity contribution in [2.75, 3.05) is 0 Å². The third-order valence-corrected chi connectivity index (χ3v) is 4.58. The van der Waals surface area contributed by atoms with E-state index >= 15 is 0 Å². The summed E-state index contributed by atoms with van der Waals surface area (Å²) in [5, 5.41) is 0. The molecule has 2 aromatic rings. The van der Waals surface area contributed by atoms with Crippen LogP contribution in [0.15, 0.2) is 48.5 Å². The highest BCUT2D eigenvalue weighted by Crippen LogP contribution is 2.47. The Morgan fingerprint density at radius 2 is 1.50 bits per heavy atom. The van der Waals surface area contributed by atoms with E-state index in [0.29, 0.717) is 5.92 Å². The van der Waals surface area contributed by atoms with Crippen LogP contribution in [-0.4, -0.2) is 0 Å². The number of hydrogen-bond acceptors (Lipinski definition) is 0. The molecule has 0 saturated carbocycles. The van der Waals surface area contributed by atoms with E-state index in [-0.39, 0.29) is 0 Å². The first kappa shape index (κ1) is 10.4. The van der Waals surface area contributed by atoms with Crippen molar-refractivity contribution in [1.29, 1.82) is 0 Å². The molecule has 2 aromatic carbocycles. The van der Waals surface area contributed by atoms with Gasteiger partial charge in [0.1, 0.15) is 0 Å². The van der Waals surface area contributed by atoms with Crippen LogP contribution in [0, 0.1) is 5.92 Å². The van der Waals surface area contributed by atoms with Crippen molar-refractivity contribution in [3.8, 4) is 0 Å². The van der Waals surface area contributed by atoms with Crippen LogP contribution in [0.5, 0.6) is 0 Å². The molecule has 2 aliphatic rings. The number of fused-ring (bicyclic) bond motifs is 2. The van der Waals surface area contributed by atoms with E-state index in [1.165, 1.54) is 25.7 Å². The zero-order valence-corrected chi connectivity index (χ0v) is 10.5. The molecule has 89 valence electrons. The van der Waals surface area contributed by atoms with Gasteiger partial charge < -0.3 is 0 Å². The summed E-state index contributed by atoms with van der Waals surface area (Å²) in [7, 11) is 0. The lowest BCUT2D eigenvalue weighted by molar-refractivity contribution is 0.677. The lowest BCUT2D eigenvalue weighted by Crippen LogP contribution is -2.06. The second-order valence-corrected chi connectivity index (χ2v) is 5.47. The molecule has 0 amide bonds. The van der Waals surface area contributed by atoms with Gasteiger partial charge in [0, 0.05) is 5.92 Å². The fraction of sp³-hybridized carbons (Fsp3) is 0.278. The molecule has 0 heteroatoms. The minimum Gasteiger partial charge on any atom is -0.0620 e. The normalized spacial score (nSPS) is 21.9. The van der Waals surface area contributed by atoms with E-state index < -0.39 is 0 Å². The smallest absolute Gasteiger partial charge is 0.0130 e. The third kappa shape index (κ3) is 1.45. The molecule has 0 spiro atoms. The molecule has 0 bridgehead atoms. The highest BCUT2D eigenvalue weighted by atomic mass is 14.4. The first-order valence-electron chi connectivity index (χ1n) is 6.95. The fourth-order valence-corrected chi connectivity index (χ4v) is 3.74. The van der Waals surface area contributed by atoms with Gasteiger partial charge in [0.25, 0.3) is 0 Å². The lowest BCUT2D eigenvalue weighted by Gasteiger charge is -2.20.